The van der Waals surface area contributed by atoms with Gasteiger partial charge in [-0.3, -0.25) is 9.13 Å². The van der Waals surface area contributed by atoms with E-state index in [1.807, 2.05) is 30.3 Å². The number of benzene rings is 1. The zero-order valence-electron chi connectivity index (χ0n) is 12.2. The Balaban J connectivity index is 2.18. The third kappa shape index (κ3) is 2.33. The Morgan fingerprint density at radius 3 is 2.57 bits per heavy atom. The van der Waals surface area contributed by atoms with Crippen molar-refractivity contribution in [3.05, 3.63) is 40.8 Å². The van der Waals surface area contributed by atoms with Crippen LogP contribution in [0.5, 0.6) is 0 Å². The molecule has 0 atom stereocenters. The molecule has 0 aliphatic heterocycles. The van der Waals surface area contributed by atoms with E-state index < -0.39 is 0 Å². The molecule has 0 bridgehead atoms. The molecule has 0 unspecified atom stereocenters. The summed E-state index contributed by atoms with van der Waals surface area (Å²) in [4.78, 5) is 16.8. The molecule has 0 aliphatic carbocycles. The molecular weight excluding hydrogens is 266 g/mol. The fourth-order valence-corrected chi connectivity index (χ4v) is 2.30. The first kappa shape index (κ1) is 13.5. The maximum absolute atomic E-state index is 12.3. The normalized spacial score (nSPS) is 11.1. The van der Waals surface area contributed by atoms with Crippen LogP contribution in [0.3, 0.4) is 0 Å². The number of unbranched alkanes of at least 4 members (excludes halogenated alkanes) is 1. The van der Waals surface area contributed by atoms with E-state index in [0.29, 0.717) is 23.7 Å². The molecule has 6 nitrogen and oxygen atoms in total. The van der Waals surface area contributed by atoms with Crippen molar-refractivity contribution in [1.29, 1.82) is 0 Å². The Morgan fingerprint density at radius 2 is 1.86 bits per heavy atom. The SMILES string of the molecule is CCCCn1c(=O)n(C)c2nnc(-c3ccccc3)nc21. The Bertz CT molecular complexity index is 819. The lowest BCUT2D eigenvalue weighted by Crippen LogP contribution is -2.22. The number of hydrogen-bond donors (Lipinski definition) is 0. The third-order valence-corrected chi connectivity index (χ3v) is 3.51. The van der Waals surface area contributed by atoms with E-state index in [-0.39, 0.29) is 5.69 Å². The predicted octanol–water partition coefficient (Wildman–Crippen LogP) is 1.99. The molecule has 2 heterocycles. The fraction of sp³-hybridized carbons (Fsp3) is 0.333. The largest absolute Gasteiger partial charge is 0.331 e. The molecule has 1 aromatic carbocycles. The van der Waals surface area contributed by atoms with Gasteiger partial charge in [0.1, 0.15) is 0 Å². The van der Waals surface area contributed by atoms with E-state index in [1.165, 1.54) is 4.57 Å². The maximum atomic E-state index is 12.3. The average Bonchev–Trinajstić information content (AvgIpc) is 2.77. The lowest BCUT2D eigenvalue weighted by Gasteiger charge is -2.02. The summed E-state index contributed by atoms with van der Waals surface area (Å²) in [7, 11) is 1.70. The van der Waals surface area contributed by atoms with Gasteiger partial charge >= 0.3 is 5.69 Å². The molecule has 0 aliphatic rings. The second-order valence-electron chi connectivity index (χ2n) is 5.00. The van der Waals surface area contributed by atoms with Gasteiger partial charge in [0, 0.05) is 19.2 Å². The van der Waals surface area contributed by atoms with Crippen LogP contribution >= 0.6 is 0 Å². The average molecular weight is 283 g/mol. The highest BCUT2D eigenvalue weighted by molar-refractivity contribution is 5.69. The Labute approximate surface area is 122 Å². The maximum Gasteiger partial charge on any atom is 0.331 e. The quantitative estimate of drug-likeness (QED) is 0.734. The Kier molecular flexibility index (Phi) is 3.51. The zero-order chi connectivity index (χ0) is 14.8. The van der Waals surface area contributed by atoms with Gasteiger partial charge in [-0.2, -0.15) is 0 Å². The van der Waals surface area contributed by atoms with Crippen LogP contribution in [0.2, 0.25) is 0 Å². The van der Waals surface area contributed by atoms with E-state index in [1.54, 1.807) is 11.6 Å². The van der Waals surface area contributed by atoms with Gasteiger partial charge in [0.05, 0.1) is 0 Å². The van der Waals surface area contributed by atoms with Crippen molar-refractivity contribution in [2.75, 3.05) is 0 Å². The van der Waals surface area contributed by atoms with Gasteiger partial charge in [-0.05, 0) is 6.42 Å². The summed E-state index contributed by atoms with van der Waals surface area (Å²) in [5.41, 5.74) is 1.93. The van der Waals surface area contributed by atoms with Crippen molar-refractivity contribution < 1.29 is 0 Å². The summed E-state index contributed by atoms with van der Waals surface area (Å²) >= 11 is 0. The minimum atomic E-state index is -0.0922. The molecule has 0 radical (unpaired) electrons. The first-order valence-corrected chi connectivity index (χ1v) is 7.07. The molecule has 0 fully saturated rings. The smallest absolute Gasteiger partial charge is 0.277 e. The zero-order valence-corrected chi connectivity index (χ0v) is 12.2. The Morgan fingerprint density at radius 1 is 1.10 bits per heavy atom. The molecule has 0 amide bonds. The molecule has 0 saturated heterocycles. The van der Waals surface area contributed by atoms with Gasteiger partial charge in [-0.25, -0.2) is 9.78 Å². The summed E-state index contributed by atoms with van der Waals surface area (Å²) in [5, 5.41) is 8.31. The minimum absolute atomic E-state index is 0.0922. The molecule has 0 N–H and O–H groups in total. The number of fused-ring (bicyclic) bond motifs is 1. The molecular formula is C15H17N5O. The van der Waals surface area contributed by atoms with Crippen LogP contribution < -0.4 is 5.69 Å². The van der Waals surface area contributed by atoms with Crippen LogP contribution in [0, 0.1) is 0 Å². The van der Waals surface area contributed by atoms with Crippen molar-refractivity contribution in [3.8, 4) is 11.4 Å². The van der Waals surface area contributed by atoms with Gasteiger partial charge in [0.15, 0.2) is 11.5 Å². The fourth-order valence-electron chi connectivity index (χ4n) is 2.30. The molecule has 0 saturated carbocycles. The number of nitrogens with zero attached hydrogens (tertiary/aromatic N) is 5. The molecule has 3 rings (SSSR count). The number of rotatable bonds is 4. The third-order valence-electron chi connectivity index (χ3n) is 3.51. The molecule has 3 aromatic rings. The number of imidazole rings is 1. The summed E-state index contributed by atoms with van der Waals surface area (Å²) < 4.78 is 3.18. The van der Waals surface area contributed by atoms with E-state index in [9.17, 15) is 4.79 Å². The van der Waals surface area contributed by atoms with E-state index in [4.69, 9.17) is 0 Å². The summed E-state index contributed by atoms with van der Waals surface area (Å²) in [6.07, 6.45) is 1.95. The molecule has 0 spiro atoms. The van der Waals surface area contributed by atoms with Crippen molar-refractivity contribution >= 4 is 11.3 Å². The molecule has 2 aromatic heterocycles. The minimum Gasteiger partial charge on any atom is -0.277 e. The first-order chi connectivity index (χ1) is 10.2. The molecule has 108 valence electrons. The van der Waals surface area contributed by atoms with E-state index >= 15 is 0 Å². The van der Waals surface area contributed by atoms with Crippen LogP contribution in [-0.2, 0) is 13.6 Å². The van der Waals surface area contributed by atoms with Gasteiger partial charge in [0.25, 0.3) is 0 Å². The van der Waals surface area contributed by atoms with Crippen LogP contribution in [0.15, 0.2) is 35.1 Å². The predicted molar refractivity (Wildman–Crippen MR) is 80.9 cm³/mol. The van der Waals surface area contributed by atoms with Crippen molar-refractivity contribution in [1.82, 2.24) is 24.3 Å². The van der Waals surface area contributed by atoms with E-state index in [2.05, 4.69) is 22.1 Å². The summed E-state index contributed by atoms with van der Waals surface area (Å²) in [5.74, 6) is 0.541. The van der Waals surface area contributed by atoms with Gasteiger partial charge in [-0.1, -0.05) is 43.7 Å². The first-order valence-electron chi connectivity index (χ1n) is 7.07. The Hall–Kier alpha value is -2.50. The topological polar surface area (TPSA) is 65.6 Å². The number of hydrogen-bond acceptors (Lipinski definition) is 4. The monoisotopic (exact) mass is 283 g/mol. The van der Waals surface area contributed by atoms with Crippen LogP contribution in [0.1, 0.15) is 19.8 Å². The van der Waals surface area contributed by atoms with Crippen LogP contribution in [-0.4, -0.2) is 24.3 Å². The lowest BCUT2D eigenvalue weighted by atomic mass is 10.2. The molecule has 21 heavy (non-hydrogen) atoms. The van der Waals surface area contributed by atoms with Gasteiger partial charge in [-0.15, -0.1) is 10.2 Å². The van der Waals surface area contributed by atoms with Crippen LogP contribution in [0.25, 0.3) is 22.7 Å². The van der Waals surface area contributed by atoms with Gasteiger partial charge in [0.2, 0.25) is 5.65 Å². The number of aryl methyl sites for hydroxylation is 2. The standard InChI is InChI=1S/C15H17N5O/c1-3-4-10-20-13-14(19(2)15(20)21)18-17-12(16-13)11-8-6-5-7-9-11/h5-9H,3-4,10H2,1-2H3. The second kappa shape index (κ2) is 5.47. The van der Waals surface area contributed by atoms with Gasteiger partial charge < -0.3 is 0 Å². The highest BCUT2D eigenvalue weighted by Gasteiger charge is 2.15. The number of aromatic nitrogens is 5. The van der Waals surface area contributed by atoms with Crippen molar-refractivity contribution in [2.45, 2.75) is 26.3 Å². The van der Waals surface area contributed by atoms with Crippen molar-refractivity contribution in [3.63, 3.8) is 0 Å². The highest BCUT2D eigenvalue weighted by atomic mass is 16.1. The van der Waals surface area contributed by atoms with Crippen LogP contribution in [0.4, 0.5) is 0 Å². The molecule has 6 heteroatoms. The summed E-state index contributed by atoms with van der Waals surface area (Å²) in [6, 6.07) is 9.66. The lowest BCUT2D eigenvalue weighted by molar-refractivity contribution is 0.611. The second-order valence-corrected chi connectivity index (χ2v) is 5.00. The van der Waals surface area contributed by atoms with E-state index in [0.717, 1.165) is 18.4 Å². The summed E-state index contributed by atoms with van der Waals surface area (Å²) in [6.45, 7) is 2.75. The van der Waals surface area contributed by atoms with Crippen molar-refractivity contribution in [2.24, 2.45) is 7.05 Å². The highest BCUT2D eigenvalue weighted by Crippen LogP contribution is 2.16.